The lowest BCUT2D eigenvalue weighted by Gasteiger charge is -2.15. The first-order valence-electron chi connectivity index (χ1n) is 7.85. The Balaban J connectivity index is 1.74. The summed E-state index contributed by atoms with van der Waals surface area (Å²) in [6, 6.07) is 11.5. The third-order valence-corrected chi connectivity index (χ3v) is 4.27. The van der Waals surface area contributed by atoms with Gasteiger partial charge in [0.2, 0.25) is 5.91 Å². The number of carbonyl (C=O) groups excluding carboxylic acids is 2. The van der Waals surface area contributed by atoms with Gasteiger partial charge < -0.3 is 9.88 Å². The van der Waals surface area contributed by atoms with Crippen LogP contribution in [0, 0.1) is 5.92 Å². The van der Waals surface area contributed by atoms with E-state index in [0.29, 0.717) is 12.3 Å². The highest BCUT2D eigenvalue weighted by molar-refractivity contribution is 6.04. The van der Waals surface area contributed by atoms with Crippen molar-refractivity contribution in [3.63, 3.8) is 0 Å². The van der Waals surface area contributed by atoms with Gasteiger partial charge in [0.05, 0.1) is 5.71 Å². The highest BCUT2D eigenvalue weighted by Crippen LogP contribution is 2.28. The van der Waals surface area contributed by atoms with Crippen molar-refractivity contribution in [2.24, 2.45) is 18.1 Å². The van der Waals surface area contributed by atoms with Crippen molar-refractivity contribution in [2.75, 3.05) is 6.54 Å². The molecule has 0 aliphatic carbocycles. The average molecular weight is 324 g/mol. The van der Waals surface area contributed by atoms with E-state index < -0.39 is 5.92 Å². The van der Waals surface area contributed by atoms with Gasteiger partial charge in [0.25, 0.3) is 5.91 Å². The Labute approximate surface area is 140 Å². The maximum absolute atomic E-state index is 12.5. The highest BCUT2D eigenvalue weighted by Gasteiger charge is 2.40. The number of carbonyl (C=O) groups is 2. The number of rotatable bonds is 4. The van der Waals surface area contributed by atoms with E-state index in [1.165, 1.54) is 0 Å². The molecule has 2 aromatic rings. The minimum absolute atomic E-state index is 0.175. The Kier molecular flexibility index (Phi) is 4.46. The molecule has 0 radical (unpaired) electrons. The molecule has 0 saturated carbocycles. The Morgan fingerprint density at radius 3 is 2.71 bits per heavy atom. The molecule has 1 saturated heterocycles. The second-order valence-electron chi connectivity index (χ2n) is 5.98. The summed E-state index contributed by atoms with van der Waals surface area (Å²) in [6.45, 7) is 2.28. The summed E-state index contributed by atoms with van der Waals surface area (Å²) in [5.41, 5.74) is 5.13. The SMILES string of the molecule is C/C(=N/NC(=O)C1C(=O)NCC1c1ccccc1)c1ccn(C)c1. The van der Waals surface area contributed by atoms with Gasteiger partial charge in [-0.15, -0.1) is 0 Å². The van der Waals surface area contributed by atoms with Gasteiger partial charge >= 0.3 is 0 Å². The quantitative estimate of drug-likeness (QED) is 0.507. The van der Waals surface area contributed by atoms with Crippen LogP contribution in [0.5, 0.6) is 0 Å². The van der Waals surface area contributed by atoms with E-state index in [4.69, 9.17) is 0 Å². The van der Waals surface area contributed by atoms with E-state index in [1.54, 1.807) is 0 Å². The van der Waals surface area contributed by atoms with Crippen LogP contribution < -0.4 is 10.7 Å². The van der Waals surface area contributed by atoms with E-state index in [2.05, 4.69) is 15.8 Å². The van der Waals surface area contributed by atoms with Crippen molar-refractivity contribution in [3.8, 4) is 0 Å². The first kappa shape index (κ1) is 16.0. The van der Waals surface area contributed by atoms with E-state index in [0.717, 1.165) is 11.1 Å². The molecule has 24 heavy (non-hydrogen) atoms. The Morgan fingerprint density at radius 2 is 2.04 bits per heavy atom. The zero-order valence-corrected chi connectivity index (χ0v) is 13.7. The van der Waals surface area contributed by atoms with Crippen molar-refractivity contribution in [1.82, 2.24) is 15.3 Å². The molecule has 124 valence electrons. The summed E-state index contributed by atoms with van der Waals surface area (Å²) < 4.78 is 1.91. The zero-order valence-electron chi connectivity index (χ0n) is 13.7. The Bertz CT molecular complexity index is 779. The monoisotopic (exact) mass is 324 g/mol. The third-order valence-electron chi connectivity index (χ3n) is 4.27. The topological polar surface area (TPSA) is 75.5 Å². The van der Waals surface area contributed by atoms with E-state index in [1.807, 2.05) is 67.3 Å². The molecule has 2 N–H and O–H groups in total. The molecule has 1 fully saturated rings. The van der Waals surface area contributed by atoms with Gasteiger partial charge in [0.15, 0.2) is 0 Å². The predicted octanol–water partition coefficient (Wildman–Crippen LogP) is 1.40. The molecule has 2 heterocycles. The van der Waals surface area contributed by atoms with E-state index in [9.17, 15) is 9.59 Å². The molecule has 2 atom stereocenters. The molecule has 1 aliphatic heterocycles. The zero-order chi connectivity index (χ0) is 17.1. The van der Waals surface area contributed by atoms with Crippen LogP contribution in [0.15, 0.2) is 53.9 Å². The van der Waals surface area contributed by atoms with Gasteiger partial charge in [-0.25, -0.2) is 5.43 Å². The van der Waals surface area contributed by atoms with Crippen LogP contribution in [-0.4, -0.2) is 28.6 Å². The molecule has 2 amide bonds. The number of benzene rings is 1. The van der Waals surface area contributed by atoms with Crippen LogP contribution in [0.3, 0.4) is 0 Å². The first-order valence-corrected chi connectivity index (χ1v) is 7.85. The minimum atomic E-state index is -0.764. The van der Waals surface area contributed by atoms with Gasteiger partial charge in [-0.05, 0) is 18.6 Å². The standard InChI is InChI=1S/C18H20N4O2/c1-12(14-8-9-22(2)11-14)20-21-18(24)16-15(10-19-17(16)23)13-6-4-3-5-7-13/h3-9,11,15-16H,10H2,1-2H3,(H,19,23)(H,21,24)/b20-12-. The fourth-order valence-corrected chi connectivity index (χ4v) is 2.92. The van der Waals surface area contributed by atoms with Crippen LogP contribution in [0.25, 0.3) is 0 Å². The summed E-state index contributed by atoms with van der Waals surface area (Å²) in [6.07, 6.45) is 3.83. The molecular weight excluding hydrogens is 304 g/mol. The molecule has 1 aromatic carbocycles. The van der Waals surface area contributed by atoms with Crippen LogP contribution in [0.1, 0.15) is 24.0 Å². The second kappa shape index (κ2) is 6.70. The molecular formula is C18H20N4O2. The number of amides is 2. The van der Waals surface area contributed by atoms with Crippen molar-refractivity contribution in [2.45, 2.75) is 12.8 Å². The summed E-state index contributed by atoms with van der Waals surface area (Å²) in [5, 5.41) is 6.91. The number of hydrazone groups is 1. The lowest BCUT2D eigenvalue weighted by Crippen LogP contribution is -2.35. The smallest absolute Gasteiger partial charge is 0.253 e. The summed E-state index contributed by atoms with van der Waals surface area (Å²) in [4.78, 5) is 24.6. The normalized spacial score (nSPS) is 20.8. The molecule has 3 rings (SSSR count). The molecule has 6 nitrogen and oxygen atoms in total. The Morgan fingerprint density at radius 1 is 1.29 bits per heavy atom. The fourth-order valence-electron chi connectivity index (χ4n) is 2.92. The van der Waals surface area contributed by atoms with Crippen LogP contribution in [0.2, 0.25) is 0 Å². The first-order chi connectivity index (χ1) is 11.6. The molecule has 1 aromatic heterocycles. The number of aromatic nitrogens is 1. The van der Waals surface area contributed by atoms with Gasteiger partial charge in [-0.2, -0.15) is 5.10 Å². The summed E-state index contributed by atoms with van der Waals surface area (Å²) >= 11 is 0. The van der Waals surface area contributed by atoms with Crippen LogP contribution in [0.4, 0.5) is 0 Å². The average Bonchev–Trinajstić information content (AvgIpc) is 3.19. The number of nitrogens with one attached hydrogen (secondary N) is 2. The third kappa shape index (κ3) is 3.22. The van der Waals surface area contributed by atoms with Crippen LogP contribution >= 0.6 is 0 Å². The minimum Gasteiger partial charge on any atom is -0.357 e. The Hall–Kier alpha value is -2.89. The lowest BCUT2D eigenvalue weighted by atomic mass is 9.88. The van der Waals surface area contributed by atoms with Gasteiger partial charge in [-0.1, -0.05) is 30.3 Å². The number of aryl methyl sites for hydroxylation is 1. The van der Waals surface area contributed by atoms with E-state index in [-0.39, 0.29) is 17.7 Å². The van der Waals surface area contributed by atoms with Crippen LogP contribution in [-0.2, 0) is 16.6 Å². The molecule has 0 bridgehead atoms. The number of hydrogen-bond donors (Lipinski definition) is 2. The maximum atomic E-state index is 12.5. The van der Waals surface area contributed by atoms with Crippen molar-refractivity contribution in [1.29, 1.82) is 0 Å². The molecule has 0 spiro atoms. The van der Waals surface area contributed by atoms with Crippen molar-refractivity contribution < 1.29 is 9.59 Å². The molecule has 6 heteroatoms. The fraction of sp³-hybridized carbons (Fsp3) is 0.278. The summed E-state index contributed by atoms with van der Waals surface area (Å²) in [7, 11) is 1.92. The van der Waals surface area contributed by atoms with E-state index >= 15 is 0 Å². The lowest BCUT2D eigenvalue weighted by molar-refractivity contribution is -0.133. The summed E-state index contributed by atoms with van der Waals surface area (Å²) in [5.74, 6) is -1.58. The maximum Gasteiger partial charge on any atom is 0.253 e. The van der Waals surface area contributed by atoms with Crippen molar-refractivity contribution >= 4 is 17.5 Å². The molecule has 2 unspecified atom stereocenters. The van der Waals surface area contributed by atoms with Crippen molar-refractivity contribution in [3.05, 3.63) is 59.9 Å². The van der Waals surface area contributed by atoms with Gasteiger partial charge in [-0.3, -0.25) is 9.59 Å². The van der Waals surface area contributed by atoms with Gasteiger partial charge in [0, 0.05) is 37.5 Å². The molecule has 1 aliphatic rings. The second-order valence-corrected chi connectivity index (χ2v) is 5.98. The number of hydrogen-bond acceptors (Lipinski definition) is 3. The number of nitrogens with zero attached hydrogens (tertiary/aromatic N) is 2. The largest absolute Gasteiger partial charge is 0.357 e. The predicted molar refractivity (Wildman–Crippen MR) is 91.4 cm³/mol. The highest BCUT2D eigenvalue weighted by atomic mass is 16.2. The van der Waals surface area contributed by atoms with Gasteiger partial charge in [0.1, 0.15) is 5.92 Å².